The largest absolute Gasteiger partial charge is 0.349 e. The van der Waals surface area contributed by atoms with Gasteiger partial charge in [0, 0.05) is 43.5 Å². The molecule has 0 radical (unpaired) electrons. The van der Waals surface area contributed by atoms with Crippen LogP contribution in [0.3, 0.4) is 0 Å². The second kappa shape index (κ2) is 8.45. The Morgan fingerprint density at radius 3 is 2.38 bits per heavy atom. The maximum absolute atomic E-state index is 12.5. The average Bonchev–Trinajstić information content (AvgIpc) is 2.83. The first-order valence-corrected chi connectivity index (χ1v) is 9.24. The first kappa shape index (κ1) is 20.1. The lowest BCUT2D eigenvalue weighted by molar-refractivity contribution is 0.0934. The normalized spacial score (nSPS) is 11.6. The number of rotatable bonds is 7. The first-order chi connectivity index (χ1) is 12.2. The van der Waals surface area contributed by atoms with E-state index in [1.807, 2.05) is 37.7 Å². The van der Waals surface area contributed by atoms with Gasteiger partial charge in [0.2, 0.25) is 0 Å². The third kappa shape index (κ3) is 4.49. The van der Waals surface area contributed by atoms with Crippen LogP contribution >= 0.6 is 0 Å². The van der Waals surface area contributed by atoms with Crippen molar-refractivity contribution in [3.63, 3.8) is 0 Å². The highest BCUT2D eigenvalue weighted by atomic mass is 16.1. The van der Waals surface area contributed by atoms with E-state index in [2.05, 4.69) is 48.0 Å². The summed E-state index contributed by atoms with van der Waals surface area (Å²) >= 11 is 0. The molecule has 0 spiro atoms. The lowest BCUT2D eigenvalue weighted by Crippen LogP contribution is -2.42. The van der Waals surface area contributed by atoms with Crippen LogP contribution in [0.1, 0.15) is 49.6 Å². The van der Waals surface area contributed by atoms with Crippen molar-refractivity contribution in [2.45, 2.75) is 53.6 Å². The van der Waals surface area contributed by atoms with Crippen molar-refractivity contribution in [3.8, 4) is 11.3 Å². The van der Waals surface area contributed by atoms with Crippen molar-refractivity contribution in [2.75, 3.05) is 13.1 Å². The van der Waals surface area contributed by atoms with Crippen LogP contribution in [-0.4, -0.2) is 50.7 Å². The van der Waals surface area contributed by atoms with Crippen molar-refractivity contribution in [2.24, 2.45) is 7.05 Å². The van der Waals surface area contributed by atoms with Crippen LogP contribution in [-0.2, 0) is 7.05 Å². The van der Waals surface area contributed by atoms with Gasteiger partial charge in [0.25, 0.3) is 5.91 Å². The van der Waals surface area contributed by atoms with E-state index in [0.717, 1.165) is 29.2 Å². The Kier molecular flexibility index (Phi) is 6.53. The lowest BCUT2D eigenvalue weighted by Gasteiger charge is -2.30. The standard InChI is InChI=1S/C20H31N5O/c1-13(2)25(14(3)4)12-11-21-20(26)18-10-8-9-17(22-18)19-15(5)23-24(7)16(19)6/h8-10,13-14H,11-12H2,1-7H3,(H,21,26). The van der Waals surface area contributed by atoms with Gasteiger partial charge >= 0.3 is 0 Å². The second-order valence-electron chi connectivity index (χ2n) is 7.26. The van der Waals surface area contributed by atoms with E-state index in [1.165, 1.54) is 0 Å². The van der Waals surface area contributed by atoms with Gasteiger partial charge in [0.1, 0.15) is 5.69 Å². The highest BCUT2D eigenvalue weighted by molar-refractivity contribution is 5.92. The number of carbonyl (C=O) groups excluding carboxylic acids is 1. The number of hydrogen-bond acceptors (Lipinski definition) is 4. The molecule has 1 N–H and O–H groups in total. The van der Waals surface area contributed by atoms with Crippen LogP contribution in [0, 0.1) is 13.8 Å². The summed E-state index contributed by atoms with van der Waals surface area (Å²) in [5.74, 6) is -0.140. The summed E-state index contributed by atoms with van der Waals surface area (Å²) in [6, 6.07) is 6.45. The molecule has 0 unspecified atom stereocenters. The zero-order valence-electron chi connectivity index (χ0n) is 17.0. The summed E-state index contributed by atoms with van der Waals surface area (Å²) in [6.45, 7) is 14.1. The van der Waals surface area contributed by atoms with E-state index in [9.17, 15) is 4.79 Å². The molecule has 6 nitrogen and oxygen atoms in total. The van der Waals surface area contributed by atoms with Gasteiger partial charge in [-0.25, -0.2) is 4.98 Å². The Hall–Kier alpha value is -2.21. The summed E-state index contributed by atoms with van der Waals surface area (Å²) in [7, 11) is 1.91. The molecule has 0 atom stereocenters. The molecule has 0 saturated heterocycles. The number of aryl methyl sites for hydroxylation is 2. The maximum Gasteiger partial charge on any atom is 0.269 e. The van der Waals surface area contributed by atoms with Crippen molar-refractivity contribution < 1.29 is 4.79 Å². The maximum atomic E-state index is 12.5. The molecule has 6 heteroatoms. The fourth-order valence-electron chi connectivity index (χ4n) is 3.35. The Morgan fingerprint density at radius 2 is 1.85 bits per heavy atom. The number of carbonyl (C=O) groups is 1. The monoisotopic (exact) mass is 357 g/mol. The van der Waals surface area contributed by atoms with Crippen LogP contribution in [0.15, 0.2) is 18.2 Å². The molecular weight excluding hydrogens is 326 g/mol. The number of nitrogens with one attached hydrogen (secondary N) is 1. The molecule has 0 aliphatic heterocycles. The van der Waals surface area contributed by atoms with Crippen molar-refractivity contribution in [1.29, 1.82) is 0 Å². The van der Waals surface area contributed by atoms with Gasteiger partial charge in [-0.05, 0) is 53.7 Å². The van der Waals surface area contributed by atoms with Crippen LogP contribution in [0.4, 0.5) is 0 Å². The highest BCUT2D eigenvalue weighted by Crippen LogP contribution is 2.24. The van der Waals surface area contributed by atoms with E-state index >= 15 is 0 Å². The number of nitrogens with zero attached hydrogens (tertiary/aromatic N) is 4. The SMILES string of the molecule is Cc1nn(C)c(C)c1-c1cccc(C(=O)NCCN(C(C)C)C(C)C)n1. The fourth-order valence-corrected chi connectivity index (χ4v) is 3.35. The molecule has 26 heavy (non-hydrogen) atoms. The number of amides is 1. The number of pyridine rings is 1. The Labute approximate surface area is 156 Å². The van der Waals surface area contributed by atoms with E-state index in [1.54, 1.807) is 6.07 Å². The lowest BCUT2D eigenvalue weighted by atomic mass is 10.1. The van der Waals surface area contributed by atoms with Gasteiger partial charge in [-0.1, -0.05) is 6.07 Å². The van der Waals surface area contributed by atoms with Gasteiger partial charge in [-0.3, -0.25) is 14.4 Å². The topological polar surface area (TPSA) is 63.1 Å². The highest BCUT2D eigenvalue weighted by Gasteiger charge is 2.16. The molecular formula is C20H31N5O. The van der Waals surface area contributed by atoms with Crippen LogP contribution < -0.4 is 5.32 Å². The van der Waals surface area contributed by atoms with Gasteiger partial charge in [-0.2, -0.15) is 5.10 Å². The summed E-state index contributed by atoms with van der Waals surface area (Å²) in [5, 5.41) is 7.42. The second-order valence-corrected chi connectivity index (χ2v) is 7.26. The fraction of sp³-hybridized carbons (Fsp3) is 0.550. The first-order valence-electron chi connectivity index (χ1n) is 9.24. The number of hydrogen-bond donors (Lipinski definition) is 1. The average molecular weight is 358 g/mol. The molecule has 2 aromatic heterocycles. The minimum Gasteiger partial charge on any atom is -0.349 e. The smallest absolute Gasteiger partial charge is 0.269 e. The third-order valence-corrected chi connectivity index (χ3v) is 4.73. The molecule has 0 aliphatic carbocycles. The molecule has 2 rings (SSSR count). The molecule has 142 valence electrons. The van der Waals surface area contributed by atoms with E-state index in [4.69, 9.17) is 0 Å². The van der Waals surface area contributed by atoms with Gasteiger partial charge in [0.05, 0.1) is 11.4 Å². The zero-order chi connectivity index (χ0) is 19.4. The van der Waals surface area contributed by atoms with Crippen LogP contribution in [0.5, 0.6) is 0 Å². The summed E-state index contributed by atoms with van der Waals surface area (Å²) in [5.41, 5.74) is 4.17. The zero-order valence-corrected chi connectivity index (χ0v) is 17.0. The summed E-state index contributed by atoms with van der Waals surface area (Å²) < 4.78 is 1.84. The van der Waals surface area contributed by atoms with Gasteiger partial charge in [0.15, 0.2) is 0 Å². The van der Waals surface area contributed by atoms with Crippen molar-refractivity contribution in [1.82, 2.24) is 25.0 Å². The quantitative estimate of drug-likeness (QED) is 0.827. The molecule has 2 heterocycles. The molecule has 2 aromatic rings. The molecule has 0 bridgehead atoms. The molecule has 1 amide bonds. The van der Waals surface area contributed by atoms with Crippen molar-refractivity contribution in [3.05, 3.63) is 35.3 Å². The molecule has 0 saturated carbocycles. The number of aromatic nitrogens is 3. The summed E-state index contributed by atoms with van der Waals surface area (Å²) in [6.07, 6.45) is 0. The minimum atomic E-state index is -0.140. The van der Waals surface area contributed by atoms with Crippen molar-refractivity contribution >= 4 is 5.91 Å². The molecule has 0 aliphatic rings. The molecule has 0 aromatic carbocycles. The summed E-state index contributed by atoms with van der Waals surface area (Å²) in [4.78, 5) is 19.4. The van der Waals surface area contributed by atoms with E-state index in [0.29, 0.717) is 24.3 Å². The molecule has 0 fully saturated rings. The predicted molar refractivity (Wildman–Crippen MR) is 105 cm³/mol. The van der Waals surface area contributed by atoms with Crippen LogP contribution in [0.2, 0.25) is 0 Å². The minimum absolute atomic E-state index is 0.140. The van der Waals surface area contributed by atoms with Gasteiger partial charge in [-0.15, -0.1) is 0 Å². The van der Waals surface area contributed by atoms with E-state index < -0.39 is 0 Å². The predicted octanol–water partition coefficient (Wildman–Crippen LogP) is 2.95. The third-order valence-electron chi connectivity index (χ3n) is 4.73. The van der Waals surface area contributed by atoms with Gasteiger partial charge < -0.3 is 5.32 Å². The Bertz CT molecular complexity index is 756. The Morgan fingerprint density at radius 1 is 1.19 bits per heavy atom. The Balaban J connectivity index is 2.09. The van der Waals surface area contributed by atoms with E-state index in [-0.39, 0.29) is 5.91 Å². The van der Waals surface area contributed by atoms with Crippen LogP contribution in [0.25, 0.3) is 11.3 Å².